The van der Waals surface area contributed by atoms with Crippen molar-refractivity contribution < 1.29 is 4.79 Å². The zero-order valence-corrected chi connectivity index (χ0v) is 13.8. The quantitative estimate of drug-likeness (QED) is 0.916. The first-order chi connectivity index (χ1) is 10.0. The molecule has 1 aromatic carbocycles. The highest BCUT2D eigenvalue weighted by Crippen LogP contribution is 2.25. The topological polar surface area (TPSA) is 46.3 Å². The molecule has 3 nitrogen and oxygen atoms in total. The van der Waals surface area contributed by atoms with Gasteiger partial charge in [-0.25, -0.2) is 0 Å². The van der Waals surface area contributed by atoms with E-state index in [1.807, 2.05) is 17.9 Å². The summed E-state index contributed by atoms with van der Waals surface area (Å²) in [7, 11) is 0. The van der Waals surface area contributed by atoms with Crippen LogP contribution < -0.4 is 5.73 Å². The summed E-state index contributed by atoms with van der Waals surface area (Å²) in [6.07, 6.45) is 4.37. The minimum Gasteiger partial charge on any atom is -0.340 e. The van der Waals surface area contributed by atoms with Gasteiger partial charge in [-0.15, -0.1) is 0 Å². The lowest BCUT2D eigenvalue weighted by atomic mass is 9.90. The zero-order chi connectivity index (χ0) is 15.4. The fourth-order valence-corrected chi connectivity index (χ4v) is 3.30. The van der Waals surface area contributed by atoms with Crippen LogP contribution in [0.15, 0.2) is 18.2 Å². The average molecular weight is 329 g/mol. The summed E-state index contributed by atoms with van der Waals surface area (Å²) in [4.78, 5) is 14.5. The number of likely N-dealkylation sites (N-methyl/N-ethyl adjacent to an activating group) is 1. The number of rotatable bonds is 4. The van der Waals surface area contributed by atoms with Gasteiger partial charge in [0.2, 0.25) is 5.91 Å². The largest absolute Gasteiger partial charge is 0.340 e. The van der Waals surface area contributed by atoms with E-state index in [1.165, 1.54) is 0 Å². The molecule has 1 aliphatic carbocycles. The molecule has 2 rings (SSSR count). The van der Waals surface area contributed by atoms with Gasteiger partial charge in [-0.05, 0) is 50.3 Å². The molecule has 0 aromatic heterocycles. The van der Waals surface area contributed by atoms with Crippen molar-refractivity contribution in [3.63, 3.8) is 0 Å². The number of carbonyl (C=O) groups excluding carboxylic acids is 1. The molecule has 0 spiro atoms. The van der Waals surface area contributed by atoms with Gasteiger partial charge >= 0.3 is 0 Å². The van der Waals surface area contributed by atoms with Crippen LogP contribution in [-0.2, 0) is 11.2 Å². The Morgan fingerprint density at radius 3 is 2.48 bits per heavy atom. The number of nitrogens with two attached hydrogens (primary N) is 1. The van der Waals surface area contributed by atoms with Gasteiger partial charge in [-0.1, -0.05) is 29.3 Å². The summed E-state index contributed by atoms with van der Waals surface area (Å²) < 4.78 is 0. The van der Waals surface area contributed by atoms with Gasteiger partial charge < -0.3 is 10.6 Å². The summed E-state index contributed by atoms with van der Waals surface area (Å²) in [5.74, 6) is 0.149. The van der Waals surface area contributed by atoms with E-state index >= 15 is 0 Å². The van der Waals surface area contributed by atoms with Crippen molar-refractivity contribution in [1.82, 2.24) is 4.90 Å². The molecule has 1 aromatic rings. The molecule has 1 fully saturated rings. The van der Waals surface area contributed by atoms with Crippen LogP contribution in [0.1, 0.15) is 38.2 Å². The van der Waals surface area contributed by atoms with E-state index < -0.39 is 0 Å². The number of hydrogen-bond donors (Lipinski definition) is 1. The van der Waals surface area contributed by atoms with Crippen molar-refractivity contribution in [3.05, 3.63) is 33.8 Å². The number of amides is 1. The van der Waals surface area contributed by atoms with Crippen LogP contribution >= 0.6 is 23.2 Å². The Kier molecular flexibility index (Phi) is 5.91. The molecular formula is C16H22Cl2N2O. The number of benzene rings is 1. The lowest BCUT2D eigenvalue weighted by molar-refractivity contribution is -0.133. The van der Waals surface area contributed by atoms with Gasteiger partial charge in [0.25, 0.3) is 0 Å². The fraction of sp³-hybridized carbons (Fsp3) is 0.562. The maximum Gasteiger partial charge on any atom is 0.227 e. The molecule has 0 heterocycles. The first-order valence-electron chi connectivity index (χ1n) is 7.50. The van der Waals surface area contributed by atoms with Crippen LogP contribution in [-0.4, -0.2) is 29.4 Å². The molecule has 1 amide bonds. The number of carbonyl (C=O) groups is 1. The van der Waals surface area contributed by atoms with E-state index in [0.717, 1.165) is 37.8 Å². The summed E-state index contributed by atoms with van der Waals surface area (Å²) in [5, 5.41) is 1.01. The van der Waals surface area contributed by atoms with Crippen LogP contribution in [0.3, 0.4) is 0 Å². The van der Waals surface area contributed by atoms with Crippen LogP contribution in [0.4, 0.5) is 0 Å². The normalized spacial score (nSPS) is 22.1. The van der Waals surface area contributed by atoms with Crippen molar-refractivity contribution in [2.75, 3.05) is 6.54 Å². The van der Waals surface area contributed by atoms with E-state index in [-0.39, 0.29) is 5.91 Å². The second kappa shape index (κ2) is 7.48. The molecule has 0 bridgehead atoms. The van der Waals surface area contributed by atoms with Crippen molar-refractivity contribution in [3.8, 4) is 0 Å². The van der Waals surface area contributed by atoms with Gasteiger partial charge in [-0.3, -0.25) is 4.79 Å². The fourth-order valence-electron chi connectivity index (χ4n) is 2.98. The predicted octanol–water partition coefficient (Wildman–Crippen LogP) is 3.65. The number of halogens is 2. The highest BCUT2D eigenvalue weighted by molar-refractivity contribution is 6.42. The summed E-state index contributed by atoms with van der Waals surface area (Å²) in [5.41, 5.74) is 6.84. The van der Waals surface area contributed by atoms with E-state index in [9.17, 15) is 4.79 Å². The van der Waals surface area contributed by atoms with Gasteiger partial charge in [0.05, 0.1) is 16.5 Å². The van der Waals surface area contributed by atoms with Gasteiger partial charge in [0.1, 0.15) is 0 Å². The predicted molar refractivity (Wildman–Crippen MR) is 87.8 cm³/mol. The van der Waals surface area contributed by atoms with Gasteiger partial charge in [0.15, 0.2) is 0 Å². The maximum atomic E-state index is 12.5. The highest BCUT2D eigenvalue weighted by Gasteiger charge is 2.26. The third-order valence-corrected chi connectivity index (χ3v) is 4.92. The van der Waals surface area contributed by atoms with Crippen molar-refractivity contribution in [2.24, 2.45) is 5.73 Å². The minimum atomic E-state index is 0.149. The molecule has 0 saturated heterocycles. The summed E-state index contributed by atoms with van der Waals surface area (Å²) >= 11 is 11.9. The number of nitrogens with zero attached hydrogens (tertiary/aromatic N) is 1. The molecule has 0 atom stereocenters. The van der Waals surface area contributed by atoms with Gasteiger partial charge in [-0.2, -0.15) is 0 Å². The third kappa shape index (κ3) is 4.35. The average Bonchev–Trinajstić information content (AvgIpc) is 2.46. The number of hydrogen-bond acceptors (Lipinski definition) is 2. The van der Waals surface area contributed by atoms with E-state index in [0.29, 0.717) is 28.5 Å². The van der Waals surface area contributed by atoms with Crippen LogP contribution in [0.25, 0.3) is 0 Å². The first-order valence-corrected chi connectivity index (χ1v) is 8.25. The standard InChI is InChI=1S/C16H22Cl2N2O/c1-2-20(13-6-4-12(19)5-7-13)16(21)10-11-3-8-14(17)15(18)9-11/h3,8-9,12-13H,2,4-7,10,19H2,1H3. The van der Waals surface area contributed by atoms with E-state index in [1.54, 1.807) is 12.1 Å². The monoisotopic (exact) mass is 328 g/mol. The Hall–Kier alpha value is -0.770. The first kappa shape index (κ1) is 16.6. The second-order valence-corrected chi connectivity index (χ2v) is 6.49. The smallest absolute Gasteiger partial charge is 0.227 e. The highest BCUT2D eigenvalue weighted by atomic mass is 35.5. The summed E-state index contributed by atoms with van der Waals surface area (Å²) in [6.45, 7) is 2.77. The van der Waals surface area contributed by atoms with E-state index in [2.05, 4.69) is 0 Å². The zero-order valence-electron chi connectivity index (χ0n) is 12.3. The lowest BCUT2D eigenvalue weighted by Crippen LogP contribution is -2.44. The molecule has 0 unspecified atom stereocenters. The molecule has 5 heteroatoms. The van der Waals surface area contributed by atoms with Gasteiger partial charge in [0, 0.05) is 18.6 Å². The molecule has 116 valence electrons. The molecule has 21 heavy (non-hydrogen) atoms. The lowest BCUT2D eigenvalue weighted by Gasteiger charge is -2.35. The van der Waals surface area contributed by atoms with Crippen LogP contribution in [0.2, 0.25) is 10.0 Å². The Bertz CT molecular complexity index is 499. The van der Waals surface area contributed by atoms with Crippen LogP contribution in [0, 0.1) is 0 Å². The molecule has 2 N–H and O–H groups in total. The molecule has 0 radical (unpaired) electrons. The van der Waals surface area contributed by atoms with E-state index in [4.69, 9.17) is 28.9 Å². The minimum absolute atomic E-state index is 0.149. The molecule has 1 aliphatic rings. The Balaban J connectivity index is 2.01. The SMILES string of the molecule is CCN(C(=O)Cc1ccc(Cl)c(Cl)c1)C1CCC(N)CC1. The van der Waals surface area contributed by atoms with Crippen molar-refractivity contribution in [2.45, 2.75) is 51.1 Å². The molecule has 1 saturated carbocycles. The second-order valence-electron chi connectivity index (χ2n) is 5.67. The Labute approximate surface area is 136 Å². The van der Waals surface area contributed by atoms with Crippen LogP contribution in [0.5, 0.6) is 0 Å². The molecule has 0 aliphatic heterocycles. The molecular weight excluding hydrogens is 307 g/mol. The maximum absolute atomic E-state index is 12.5. The Morgan fingerprint density at radius 1 is 1.24 bits per heavy atom. The summed E-state index contributed by atoms with van der Waals surface area (Å²) in [6, 6.07) is 5.99. The third-order valence-electron chi connectivity index (χ3n) is 4.18. The Morgan fingerprint density at radius 2 is 1.90 bits per heavy atom. The van der Waals surface area contributed by atoms with Crippen molar-refractivity contribution >= 4 is 29.1 Å². The van der Waals surface area contributed by atoms with Crippen molar-refractivity contribution in [1.29, 1.82) is 0 Å².